The Morgan fingerprint density at radius 3 is 2.31 bits per heavy atom. The molecule has 4 nitrogen and oxygen atoms in total. The van der Waals surface area contributed by atoms with Crippen molar-refractivity contribution < 1.29 is 4.79 Å². The van der Waals surface area contributed by atoms with E-state index < -0.39 is 0 Å². The fraction of sp³-hybridized carbons (Fsp3) is 0.381. The monoisotopic (exact) mass is 371 g/mol. The van der Waals surface area contributed by atoms with Crippen molar-refractivity contribution in [2.45, 2.75) is 19.5 Å². The lowest BCUT2D eigenvalue weighted by atomic mass is 10.1. The lowest BCUT2D eigenvalue weighted by molar-refractivity contribution is -0.123. The van der Waals surface area contributed by atoms with Crippen LogP contribution < -0.4 is 5.32 Å². The molecule has 0 unspecified atom stereocenters. The standard InChI is InChI=1S/C21H26ClN3O/c1-17(19-9-5-6-10-20(19)22)23-21(26)16-25-13-11-24(12-14-25)15-18-7-3-2-4-8-18/h2-10,17H,11-16H2,1H3,(H,23,26)/t17-/m0/s1. The number of hydrogen-bond donors (Lipinski definition) is 1. The van der Waals surface area contributed by atoms with Gasteiger partial charge in [0.15, 0.2) is 0 Å². The summed E-state index contributed by atoms with van der Waals surface area (Å²) in [5.74, 6) is 0.0499. The molecular formula is C21H26ClN3O. The first-order chi connectivity index (χ1) is 12.6. The molecule has 2 aromatic carbocycles. The number of nitrogens with zero attached hydrogens (tertiary/aromatic N) is 2. The number of hydrogen-bond acceptors (Lipinski definition) is 3. The third-order valence-corrected chi connectivity index (χ3v) is 5.17. The predicted molar refractivity (Wildman–Crippen MR) is 106 cm³/mol. The Hall–Kier alpha value is -1.88. The van der Waals surface area contributed by atoms with E-state index in [0.29, 0.717) is 11.6 Å². The molecular weight excluding hydrogens is 346 g/mol. The highest BCUT2D eigenvalue weighted by molar-refractivity contribution is 6.31. The summed E-state index contributed by atoms with van der Waals surface area (Å²) in [5, 5.41) is 3.75. The second kappa shape index (κ2) is 9.17. The van der Waals surface area contributed by atoms with Crippen LogP contribution in [-0.4, -0.2) is 48.4 Å². The van der Waals surface area contributed by atoms with Crippen molar-refractivity contribution in [3.05, 3.63) is 70.7 Å². The van der Waals surface area contributed by atoms with E-state index in [2.05, 4.69) is 39.4 Å². The van der Waals surface area contributed by atoms with Crippen molar-refractivity contribution in [1.29, 1.82) is 0 Å². The minimum atomic E-state index is -0.0874. The molecule has 1 aliphatic heterocycles. The van der Waals surface area contributed by atoms with Gasteiger partial charge in [0.25, 0.3) is 0 Å². The first-order valence-corrected chi connectivity index (χ1v) is 9.52. The molecule has 0 bridgehead atoms. The first kappa shape index (κ1) is 18.9. The predicted octanol–water partition coefficient (Wildman–Crippen LogP) is 3.34. The van der Waals surface area contributed by atoms with E-state index in [-0.39, 0.29) is 11.9 Å². The van der Waals surface area contributed by atoms with Crippen LogP contribution in [0.25, 0.3) is 0 Å². The van der Waals surface area contributed by atoms with E-state index >= 15 is 0 Å². The molecule has 1 N–H and O–H groups in total. The first-order valence-electron chi connectivity index (χ1n) is 9.14. The fourth-order valence-electron chi connectivity index (χ4n) is 3.34. The Kier molecular flexibility index (Phi) is 6.67. The number of carbonyl (C=O) groups excluding carboxylic acids is 1. The van der Waals surface area contributed by atoms with Crippen molar-refractivity contribution in [2.75, 3.05) is 32.7 Å². The third-order valence-electron chi connectivity index (χ3n) is 4.83. The quantitative estimate of drug-likeness (QED) is 0.846. The Balaban J connectivity index is 1.43. The highest BCUT2D eigenvalue weighted by Gasteiger charge is 2.20. The molecule has 3 rings (SSSR count). The molecule has 2 aromatic rings. The Labute approximate surface area is 160 Å². The molecule has 0 saturated carbocycles. The van der Waals surface area contributed by atoms with Crippen LogP contribution in [0.5, 0.6) is 0 Å². The molecule has 0 radical (unpaired) electrons. The van der Waals surface area contributed by atoms with Gasteiger partial charge in [0.1, 0.15) is 0 Å². The van der Waals surface area contributed by atoms with Gasteiger partial charge in [-0.25, -0.2) is 0 Å². The van der Waals surface area contributed by atoms with Crippen LogP contribution in [0.3, 0.4) is 0 Å². The van der Waals surface area contributed by atoms with Crippen LogP contribution >= 0.6 is 11.6 Å². The molecule has 1 atom stereocenters. The summed E-state index contributed by atoms with van der Waals surface area (Å²) >= 11 is 6.21. The van der Waals surface area contributed by atoms with Crippen LogP contribution in [0.4, 0.5) is 0 Å². The molecule has 0 spiro atoms. The highest BCUT2D eigenvalue weighted by atomic mass is 35.5. The van der Waals surface area contributed by atoms with Gasteiger partial charge in [-0.3, -0.25) is 14.6 Å². The number of halogens is 1. The minimum Gasteiger partial charge on any atom is -0.348 e. The summed E-state index contributed by atoms with van der Waals surface area (Å²) in [5.41, 5.74) is 2.29. The lowest BCUT2D eigenvalue weighted by Crippen LogP contribution is -2.49. The second-order valence-corrected chi connectivity index (χ2v) is 7.26. The SMILES string of the molecule is C[C@H](NC(=O)CN1CCN(Cc2ccccc2)CC1)c1ccccc1Cl. The zero-order valence-electron chi connectivity index (χ0n) is 15.2. The normalized spacial score (nSPS) is 17.0. The number of carbonyl (C=O) groups is 1. The van der Waals surface area contributed by atoms with Crippen LogP contribution in [0.1, 0.15) is 24.1 Å². The number of nitrogens with one attached hydrogen (secondary N) is 1. The number of amides is 1. The zero-order chi connectivity index (χ0) is 18.4. The van der Waals surface area contributed by atoms with E-state index in [9.17, 15) is 4.79 Å². The Morgan fingerprint density at radius 1 is 1.00 bits per heavy atom. The molecule has 1 aliphatic rings. The van der Waals surface area contributed by atoms with Crippen LogP contribution in [0.2, 0.25) is 5.02 Å². The van der Waals surface area contributed by atoms with Crippen molar-refractivity contribution >= 4 is 17.5 Å². The maximum absolute atomic E-state index is 12.4. The van der Waals surface area contributed by atoms with Gasteiger partial charge in [0, 0.05) is 37.7 Å². The second-order valence-electron chi connectivity index (χ2n) is 6.85. The maximum Gasteiger partial charge on any atom is 0.234 e. The van der Waals surface area contributed by atoms with Crippen molar-refractivity contribution in [2.24, 2.45) is 0 Å². The molecule has 1 amide bonds. The molecule has 0 aliphatic carbocycles. The van der Waals surface area contributed by atoms with Gasteiger partial charge in [-0.15, -0.1) is 0 Å². The van der Waals surface area contributed by atoms with Crippen LogP contribution in [0.15, 0.2) is 54.6 Å². The summed E-state index contributed by atoms with van der Waals surface area (Å²) in [4.78, 5) is 17.0. The summed E-state index contributed by atoms with van der Waals surface area (Å²) in [6.07, 6.45) is 0. The van der Waals surface area contributed by atoms with Crippen molar-refractivity contribution in [1.82, 2.24) is 15.1 Å². The summed E-state index contributed by atoms with van der Waals surface area (Å²) in [7, 11) is 0. The van der Waals surface area contributed by atoms with Crippen molar-refractivity contribution in [3.8, 4) is 0 Å². The van der Waals surface area contributed by atoms with Gasteiger partial charge in [0.05, 0.1) is 12.6 Å². The maximum atomic E-state index is 12.4. The molecule has 1 heterocycles. The Bertz CT molecular complexity index is 714. The molecule has 5 heteroatoms. The van der Waals surface area contributed by atoms with Gasteiger partial charge in [-0.1, -0.05) is 60.1 Å². The van der Waals surface area contributed by atoms with Gasteiger partial charge >= 0.3 is 0 Å². The average Bonchev–Trinajstić information content (AvgIpc) is 2.64. The fourth-order valence-corrected chi connectivity index (χ4v) is 3.64. The number of benzene rings is 2. The molecule has 0 aromatic heterocycles. The lowest BCUT2D eigenvalue weighted by Gasteiger charge is -2.34. The molecule has 138 valence electrons. The van der Waals surface area contributed by atoms with E-state index in [1.54, 1.807) is 0 Å². The molecule has 1 saturated heterocycles. The van der Waals surface area contributed by atoms with Gasteiger partial charge in [-0.05, 0) is 24.1 Å². The zero-order valence-corrected chi connectivity index (χ0v) is 16.0. The average molecular weight is 372 g/mol. The Morgan fingerprint density at radius 2 is 1.62 bits per heavy atom. The van der Waals surface area contributed by atoms with Crippen LogP contribution in [-0.2, 0) is 11.3 Å². The van der Waals surface area contributed by atoms with Gasteiger partial charge < -0.3 is 5.32 Å². The third kappa shape index (κ3) is 5.31. The number of rotatable bonds is 6. The van der Waals surface area contributed by atoms with E-state index in [4.69, 9.17) is 11.6 Å². The minimum absolute atomic E-state index is 0.0499. The topological polar surface area (TPSA) is 35.6 Å². The largest absolute Gasteiger partial charge is 0.348 e. The van der Waals surface area contributed by atoms with Gasteiger partial charge in [-0.2, -0.15) is 0 Å². The summed E-state index contributed by atoms with van der Waals surface area (Å²) < 4.78 is 0. The summed E-state index contributed by atoms with van der Waals surface area (Å²) in [6, 6.07) is 18.1. The molecule has 1 fully saturated rings. The van der Waals surface area contributed by atoms with Crippen molar-refractivity contribution in [3.63, 3.8) is 0 Å². The highest BCUT2D eigenvalue weighted by Crippen LogP contribution is 2.22. The van der Waals surface area contributed by atoms with Gasteiger partial charge in [0.2, 0.25) is 5.91 Å². The van der Waals surface area contributed by atoms with E-state index in [0.717, 1.165) is 38.3 Å². The summed E-state index contributed by atoms with van der Waals surface area (Å²) in [6.45, 7) is 7.20. The van der Waals surface area contributed by atoms with Crippen LogP contribution in [0, 0.1) is 0 Å². The molecule has 26 heavy (non-hydrogen) atoms. The smallest absolute Gasteiger partial charge is 0.234 e. The van der Waals surface area contributed by atoms with E-state index in [1.165, 1.54) is 5.56 Å². The number of piperazine rings is 1. The van der Waals surface area contributed by atoms with E-state index in [1.807, 2.05) is 37.3 Å².